The minimum atomic E-state index is -0.230. The van der Waals surface area contributed by atoms with E-state index in [-0.39, 0.29) is 18.4 Å². The number of carbonyl (C=O) groups is 2. The van der Waals surface area contributed by atoms with Crippen molar-refractivity contribution in [1.82, 2.24) is 4.90 Å². The van der Waals surface area contributed by atoms with E-state index in [2.05, 4.69) is 6.07 Å². The van der Waals surface area contributed by atoms with Gasteiger partial charge in [0.05, 0.1) is 12.1 Å². The van der Waals surface area contributed by atoms with Crippen molar-refractivity contribution >= 4 is 23.1 Å². The predicted octanol–water partition coefficient (Wildman–Crippen LogP) is 4.34. The van der Waals surface area contributed by atoms with Gasteiger partial charge in [0.15, 0.2) is 0 Å². The SMILES string of the molecule is Cc1ccc(C2=C(N3CCc4ccccc43)C(=O)N(Cc3ccccc3)C2=O)cc1. The Balaban J connectivity index is 1.62. The molecule has 4 heteroatoms. The maximum Gasteiger partial charge on any atom is 0.278 e. The number of rotatable bonds is 4. The van der Waals surface area contributed by atoms with E-state index in [0.29, 0.717) is 17.8 Å². The summed E-state index contributed by atoms with van der Waals surface area (Å²) in [5.74, 6) is -0.455. The molecule has 0 saturated heterocycles. The van der Waals surface area contributed by atoms with E-state index in [4.69, 9.17) is 0 Å². The van der Waals surface area contributed by atoms with Gasteiger partial charge in [-0.3, -0.25) is 14.5 Å². The van der Waals surface area contributed by atoms with Gasteiger partial charge < -0.3 is 4.90 Å². The number of carbonyl (C=O) groups excluding carboxylic acids is 2. The number of aryl methyl sites for hydroxylation is 1. The van der Waals surface area contributed by atoms with Crippen LogP contribution in [0.15, 0.2) is 84.6 Å². The number of fused-ring (bicyclic) bond motifs is 1. The molecule has 2 heterocycles. The van der Waals surface area contributed by atoms with Crippen LogP contribution >= 0.6 is 0 Å². The lowest BCUT2D eigenvalue weighted by Crippen LogP contribution is -2.34. The highest BCUT2D eigenvalue weighted by molar-refractivity contribution is 6.36. The third kappa shape index (κ3) is 3.01. The van der Waals surface area contributed by atoms with E-state index in [0.717, 1.165) is 28.8 Å². The number of imide groups is 1. The first-order valence-corrected chi connectivity index (χ1v) is 10.2. The molecule has 3 aromatic carbocycles. The summed E-state index contributed by atoms with van der Waals surface area (Å²) in [5.41, 5.74) is 6.04. The van der Waals surface area contributed by atoms with E-state index in [1.165, 1.54) is 10.5 Å². The lowest BCUT2D eigenvalue weighted by Gasteiger charge is -2.22. The van der Waals surface area contributed by atoms with Crippen molar-refractivity contribution in [3.8, 4) is 0 Å². The summed E-state index contributed by atoms with van der Waals surface area (Å²) in [7, 11) is 0. The molecule has 148 valence electrons. The van der Waals surface area contributed by atoms with E-state index in [1.54, 1.807) is 0 Å². The molecule has 0 saturated carbocycles. The zero-order valence-electron chi connectivity index (χ0n) is 16.8. The third-order valence-corrected chi connectivity index (χ3v) is 5.82. The number of hydrogen-bond acceptors (Lipinski definition) is 3. The van der Waals surface area contributed by atoms with Crippen molar-refractivity contribution < 1.29 is 9.59 Å². The molecule has 5 rings (SSSR count). The Morgan fingerprint density at radius 2 is 1.50 bits per heavy atom. The summed E-state index contributed by atoms with van der Waals surface area (Å²) in [6.45, 7) is 2.98. The fraction of sp³-hybridized carbons (Fsp3) is 0.154. The molecule has 0 unspecified atom stereocenters. The fourth-order valence-corrected chi connectivity index (χ4v) is 4.27. The largest absolute Gasteiger partial charge is 0.336 e. The molecule has 0 aliphatic carbocycles. The van der Waals surface area contributed by atoms with Crippen LogP contribution in [-0.4, -0.2) is 23.3 Å². The number of amides is 2. The second-order valence-electron chi connectivity index (χ2n) is 7.80. The quantitative estimate of drug-likeness (QED) is 0.618. The predicted molar refractivity (Wildman–Crippen MR) is 118 cm³/mol. The molecule has 0 bridgehead atoms. The highest BCUT2D eigenvalue weighted by atomic mass is 16.2. The molecule has 0 radical (unpaired) electrons. The van der Waals surface area contributed by atoms with E-state index >= 15 is 0 Å². The minimum absolute atomic E-state index is 0.226. The zero-order chi connectivity index (χ0) is 20.7. The van der Waals surface area contributed by atoms with Crippen molar-refractivity contribution in [2.24, 2.45) is 0 Å². The van der Waals surface area contributed by atoms with Crippen molar-refractivity contribution in [1.29, 1.82) is 0 Å². The number of hydrogen-bond donors (Lipinski definition) is 0. The topological polar surface area (TPSA) is 40.6 Å². The van der Waals surface area contributed by atoms with Gasteiger partial charge in [-0.25, -0.2) is 0 Å². The molecule has 0 N–H and O–H groups in total. The van der Waals surface area contributed by atoms with Gasteiger partial charge in [0.2, 0.25) is 0 Å². The molecule has 0 atom stereocenters. The third-order valence-electron chi connectivity index (χ3n) is 5.82. The summed E-state index contributed by atoms with van der Waals surface area (Å²) in [5, 5.41) is 0. The van der Waals surface area contributed by atoms with E-state index < -0.39 is 0 Å². The first-order valence-electron chi connectivity index (χ1n) is 10.2. The van der Waals surface area contributed by atoms with Crippen molar-refractivity contribution in [2.45, 2.75) is 19.9 Å². The smallest absolute Gasteiger partial charge is 0.278 e. The Hall–Kier alpha value is -3.66. The van der Waals surface area contributed by atoms with E-state index in [9.17, 15) is 9.59 Å². The van der Waals surface area contributed by atoms with Crippen LogP contribution in [0.5, 0.6) is 0 Å². The Morgan fingerprint density at radius 1 is 0.800 bits per heavy atom. The Labute approximate surface area is 176 Å². The lowest BCUT2D eigenvalue weighted by atomic mass is 10.0. The Kier molecular flexibility index (Phi) is 4.47. The van der Waals surface area contributed by atoms with Crippen LogP contribution in [-0.2, 0) is 22.6 Å². The average Bonchev–Trinajstić information content (AvgIpc) is 3.29. The Morgan fingerprint density at radius 3 is 2.27 bits per heavy atom. The second kappa shape index (κ2) is 7.30. The molecule has 4 nitrogen and oxygen atoms in total. The zero-order valence-corrected chi connectivity index (χ0v) is 16.8. The maximum atomic E-state index is 13.6. The highest BCUT2D eigenvalue weighted by Crippen LogP contribution is 2.38. The van der Waals surface area contributed by atoms with Crippen molar-refractivity contribution in [3.63, 3.8) is 0 Å². The van der Waals surface area contributed by atoms with Crippen LogP contribution in [0.2, 0.25) is 0 Å². The molecule has 3 aromatic rings. The summed E-state index contributed by atoms with van der Waals surface area (Å²) in [4.78, 5) is 30.5. The highest BCUT2D eigenvalue weighted by Gasteiger charge is 2.43. The van der Waals surface area contributed by atoms with Gasteiger partial charge in [0, 0.05) is 12.2 Å². The monoisotopic (exact) mass is 394 g/mol. The van der Waals surface area contributed by atoms with Gasteiger partial charge in [-0.15, -0.1) is 0 Å². The molecule has 2 aliphatic rings. The van der Waals surface area contributed by atoms with Crippen LogP contribution in [0.3, 0.4) is 0 Å². The van der Waals surface area contributed by atoms with Crippen molar-refractivity contribution in [2.75, 3.05) is 11.4 Å². The minimum Gasteiger partial charge on any atom is -0.336 e. The summed E-state index contributed by atoms with van der Waals surface area (Å²) in [6, 6.07) is 25.6. The molecular formula is C26H22N2O2. The molecule has 2 aliphatic heterocycles. The van der Waals surface area contributed by atoms with Gasteiger partial charge in [0.25, 0.3) is 11.8 Å². The molecule has 0 spiro atoms. The maximum absolute atomic E-state index is 13.6. The second-order valence-corrected chi connectivity index (χ2v) is 7.80. The number of para-hydroxylation sites is 1. The van der Waals surface area contributed by atoms with Gasteiger partial charge in [0.1, 0.15) is 5.70 Å². The van der Waals surface area contributed by atoms with Crippen LogP contribution in [0, 0.1) is 6.92 Å². The standard InChI is InChI=1S/C26H22N2O2/c1-18-11-13-21(14-12-18)23-24(27-16-15-20-9-5-6-10-22(20)27)26(30)28(25(23)29)17-19-7-3-2-4-8-19/h2-14H,15-17H2,1H3. The normalized spacial score (nSPS) is 15.9. The number of anilines is 1. The molecule has 30 heavy (non-hydrogen) atoms. The van der Waals surface area contributed by atoms with Gasteiger partial charge in [-0.1, -0.05) is 78.4 Å². The van der Waals surface area contributed by atoms with Gasteiger partial charge >= 0.3 is 0 Å². The van der Waals surface area contributed by atoms with Crippen LogP contribution < -0.4 is 4.90 Å². The first-order chi connectivity index (χ1) is 14.6. The number of benzene rings is 3. The molecule has 0 fully saturated rings. The van der Waals surface area contributed by atoms with Crippen LogP contribution in [0.4, 0.5) is 5.69 Å². The molecule has 0 aromatic heterocycles. The van der Waals surface area contributed by atoms with Crippen molar-refractivity contribution in [3.05, 3.63) is 107 Å². The Bertz CT molecular complexity index is 1160. The van der Waals surface area contributed by atoms with Crippen LogP contribution in [0.1, 0.15) is 22.3 Å². The van der Waals surface area contributed by atoms with Gasteiger partial charge in [-0.05, 0) is 36.1 Å². The molecular weight excluding hydrogens is 372 g/mol. The first kappa shape index (κ1) is 18.4. The lowest BCUT2D eigenvalue weighted by molar-refractivity contribution is -0.137. The summed E-state index contributed by atoms with van der Waals surface area (Å²) >= 11 is 0. The van der Waals surface area contributed by atoms with Crippen LogP contribution in [0.25, 0.3) is 5.57 Å². The van der Waals surface area contributed by atoms with E-state index in [1.807, 2.05) is 84.6 Å². The summed E-state index contributed by atoms with van der Waals surface area (Å²) < 4.78 is 0. The number of nitrogens with zero attached hydrogens (tertiary/aromatic N) is 2. The summed E-state index contributed by atoms with van der Waals surface area (Å²) in [6.07, 6.45) is 0.862. The fourth-order valence-electron chi connectivity index (χ4n) is 4.27. The molecule has 2 amide bonds. The average molecular weight is 394 g/mol. The van der Waals surface area contributed by atoms with Gasteiger partial charge in [-0.2, -0.15) is 0 Å².